The highest BCUT2D eigenvalue weighted by atomic mass is 19.4. The van der Waals surface area contributed by atoms with E-state index in [-0.39, 0.29) is 11.5 Å². The van der Waals surface area contributed by atoms with E-state index in [9.17, 15) is 27.9 Å². The second-order valence-corrected chi connectivity index (χ2v) is 7.83. The molecular formula is C23H25F3N2O5. The number of hydrogen-bond acceptors (Lipinski definition) is 4. The van der Waals surface area contributed by atoms with Crippen molar-refractivity contribution in [1.82, 2.24) is 0 Å². The fraction of sp³-hybridized carbons (Fsp3) is 0.348. The van der Waals surface area contributed by atoms with Crippen LogP contribution in [0.25, 0.3) is 0 Å². The van der Waals surface area contributed by atoms with Crippen LogP contribution in [0.4, 0.5) is 24.5 Å². The van der Waals surface area contributed by atoms with Crippen LogP contribution in [0.2, 0.25) is 0 Å². The zero-order chi connectivity index (χ0) is 24.8. The van der Waals surface area contributed by atoms with E-state index in [0.29, 0.717) is 17.2 Å². The van der Waals surface area contributed by atoms with E-state index in [1.54, 1.807) is 30.3 Å². The third-order valence-electron chi connectivity index (χ3n) is 5.17. The van der Waals surface area contributed by atoms with Gasteiger partial charge in [0.2, 0.25) is 0 Å². The predicted octanol–water partition coefficient (Wildman–Crippen LogP) is 4.82. The molecule has 0 bridgehead atoms. The Morgan fingerprint density at radius 3 is 2.03 bits per heavy atom. The van der Waals surface area contributed by atoms with Crippen molar-refractivity contribution < 1.29 is 37.8 Å². The fourth-order valence-corrected chi connectivity index (χ4v) is 3.22. The highest BCUT2D eigenvalue weighted by molar-refractivity contribution is 6.05. The van der Waals surface area contributed by atoms with Gasteiger partial charge in [-0.2, -0.15) is 13.2 Å². The van der Waals surface area contributed by atoms with Crippen LogP contribution in [-0.4, -0.2) is 47.3 Å². The molecule has 33 heavy (non-hydrogen) atoms. The van der Waals surface area contributed by atoms with Crippen LogP contribution in [0, 0.1) is 12.8 Å². The van der Waals surface area contributed by atoms with E-state index in [0.717, 1.165) is 37.2 Å². The molecule has 178 valence electrons. The molecule has 0 saturated carbocycles. The van der Waals surface area contributed by atoms with Crippen molar-refractivity contribution in [3.05, 3.63) is 59.2 Å². The number of aromatic carboxylic acids is 1. The second kappa shape index (κ2) is 10.8. The summed E-state index contributed by atoms with van der Waals surface area (Å²) in [7, 11) is 0. The van der Waals surface area contributed by atoms with Crippen molar-refractivity contribution in [3.63, 3.8) is 0 Å². The third kappa shape index (κ3) is 7.51. The Kier molecular flexibility index (Phi) is 8.44. The van der Waals surface area contributed by atoms with Gasteiger partial charge in [-0.25, -0.2) is 9.59 Å². The average molecular weight is 466 g/mol. The van der Waals surface area contributed by atoms with Gasteiger partial charge in [-0.05, 0) is 56.0 Å². The largest absolute Gasteiger partial charge is 0.490 e. The molecule has 0 aromatic heterocycles. The van der Waals surface area contributed by atoms with Gasteiger partial charge in [-0.15, -0.1) is 0 Å². The molecule has 0 unspecified atom stereocenters. The number of carboxylic acid groups (broad SMARTS) is 2. The molecule has 1 saturated heterocycles. The molecule has 2 aromatic rings. The van der Waals surface area contributed by atoms with Gasteiger partial charge in [0.15, 0.2) is 0 Å². The van der Waals surface area contributed by atoms with Crippen LogP contribution in [0.5, 0.6) is 0 Å². The Morgan fingerprint density at radius 1 is 1.00 bits per heavy atom. The highest BCUT2D eigenvalue weighted by Gasteiger charge is 2.38. The summed E-state index contributed by atoms with van der Waals surface area (Å²) in [6.07, 6.45) is -2.96. The summed E-state index contributed by atoms with van der Waals surface area (Å²) in [4.78, 5) is 35.1. The molecule has 1 aliphatic heterocycles. The van der Waals surface area contributed by atoms with Crippen molar-refractivity contribution in [2.24, 2.45) is 5.92 Å². The SMILES string of the molecule is Cc1ccc(C(=O)Nc2ccc(N3CCC(C)CC3)c(C(=O)O)c2)cc1.O=C(O)C(F)(F)F. The number of carbonyl (C=O) groups is 3. The van der Waals surface area contributed by atoms with Gasteiger partial charge >= 0.3 is 18.1 Å². The first-order chi connectivity index (χ1) is 15.4. The number of nitrogens with one attached hydrogen (secondary N) is 1. The number of anilines is 2. The van der Waals surface area contributed by atoms with Crippen LogP contribution in [0.1, 0.15) is 46.0 Å². The maximum Gasteiger partial charge on any atom is 0.490 e. The van der Waals surface area contributed by atoms with Crippen LogP contribution in [0.15, 0.2) is 42.5 Å². The Bertz CT molecular complexity index is 998. The number of rotatable bonds is 4. The molecule has 3 rings (SSSR count). The maximum absolute atomic E-state index is 12.4. The minimum absolute atomic E-state index is 0.223. The molecule has 1 heterocycles. The summed E-state index contributed by atoms with van der Waals surface area (Å²) in [6.45, 7) is 5.90. The van der Waals surface area contributed by atoms with Crippen LogP contribution < -0.4 is 10.2 Å². The number of carbonyl (C=O) groups excluding carboxylic acids is 1. The lowest BCUT2D eigenvalue weighted by molar-refractivity contribution is -0.192. The Labute approximate surface area is 188 Å². The molecule has 10 heteroatoms. The molecule has 1 amide bonds. The first-order valence-corrected chi connectivity index (χ1v) is 10.2. The van der Waals surface area contributed by atoms with Crippen molar-refractivity contribution >= 4 is 29.2 Å². The first kappa shape index (κ1) is 25.7. The molecule has 0 radical (unpaired) electrons. The predicted molar refractivity (Wildman–Crippen MR) is 117 cm³/mol. The van der Waals surface area contributed by atoms with Crippen LogP contribution in [-0.2, 0) is 4.79 Å². The number of piperidine rings is 1. The number of hydrogen-bond donors (Lipinski definition) is 3. The molecule has 0 spiro atoms. The fourth-order valence-electron chi connectivity index (χ4n) is 3.22. The summed E-state index contributed by atoms with van der Waals surface area (Å²) in [5.41, 5.74) is 3.05. The van der Waals surface area contributed by atoms with Gasteiger partial charge in [-0.3, -0.25) is 4.79 Å². The smallest absolute Gasteiger partial charge is 0.478 e. The normalized spacial score (nSPS) is 14.2. The third-order valence-corrected chi connectivity index (χ3v) is 5.17. The quantitative estimate of drug-likeness (QED) is 0.597. The van der Waals surface area contributed by atoms with Gasteiger partial charge in [0.05, 0.1) is 11.3 Å². The lowest BCUT2D eigenvalue weighted by Gasteiger charge is -2.33. The lowest BCUT2D eigenvalue weighted by Crippen LogP contribution is -2.33. The van der Waals surface area contributed by atoms with Crippen LogP contribution >= 0.6 is 0 Å². The van der Waals surface area contributed by atoms with E-state index in [2.05, 4.69) is 17.1 Å². The summed E-state index contributed by atoms with van der Waals surface area (Å²) in [5.74, 6) is -3.31. The minimum Gasteiger partial charge on any atom is -0.478 e. The number of aryl methyl sites for hydroxylation is 1. The molecule has 1 aliphatic rings. The van der Waals surface area contributed by atoms with E-state index >= 15 is 0 Å². The molecule has 0 aliphatic carbocycles. The molecule has 0 atom stereocenters. The summed E-state index contributed by atoms with van der Waals surface area (Å²) < 4.78 is 31.7. The van der Waals surface area contributed by atoms with Crippen LogP contribution in [0.3, 0.4) is 0 Å². The standard InChI is InChI=1S/C21H24N2O3.C2HF3O2/c1-14-3-5-16(6-4-14)20(24)22-17-7-8-19(18(13-17)21(25)26)23-11-9-15(2)10-12-23;3-2(4,5)1(6)7/h3-8,13,15H,9-12H2,1-2H3,(H,22,24)(H,25,26);(H,6,7). The number of carboxylic acids is 2. The zero-order valence-electron chi connectivity index (χ0n) is 18.1. The summed E-state index contributed by atoms with van der Waals surface area (Å²) in [6, 6.07) is 12.4. The van der Waals surface area contributed by atoms with E-state index < -0.39 is 18.1 Å². The zero-order valence-corrected chi connectivity index (χ0v) is 18.1. The minimum atomic E-state index is -5.08. The number of aliphatic carboxylic acids is 1. The summed E-state index contributed by atoms with van der Waals surface area (Å²) >= 11 is 0. The van der Waals surface area contributed by atoms with Gasteiger partial charge in [0.1, 0.15) is 0 Å². The van der Waals surface area contributed by atoms with Crippen molar-refractivity contribution in [2.75, 3.05) is 23.3 Å². The summed E-state index contributed by atoms with van der Waals surface area (Å²) in [5, 5.41) is 19.5. The number of halogens is 3. The number of amides is 1. The van der Waals surface area contributed by atoms with E-state index in [1.807, 2.05) is 19.1 Å². The Morgan fingerprint density at radius 2 is 1.55 bits per heavy atom. The number of alkyl halides is 3. The van der Waals surface area contributed by atoms with E-state index in [4.69, 9.17) is 9.90 Å². The Hall–Kier alpha value is -3.56. The molecule has 3 N–H and O–H groups in total. The van der Waals surface area contributed by atoms with E-state index in [1.165, 1.54) is 0 Å². The first-order valence-electron chi connectivity index (χ1n) is 10.2. The van der Waals surface area contributed by atoms with Gasteiger partial charge in [-0.1, -0.05) is 24.6 Å². The maximum atomic E-state index is 12.4. The molecule has 1 fully saturated rings. The lowest BCUT2D eigenvalue weighted by atomic mass is 9.98. The topological polar surface area (TPSA) is 107 Å². The average Bonchev–Trinajstić information content (AvgIpc) is 2.74. The molecule has 7 nitrogen and oxygen atoms in total. The highest BCUT2D eigenvalue weighted by Crippen LogP contribution is 2.29. The van der Waals surface area contributed by atoms with Crippen molar-refractivity contribution in [1.29, 1.82) is 0 Å². The van der Waals surface area contributed by atoms with Gasteiger partial charge in [0, 0.05) is 24.3 Å². The number of nitrogens with zero attached hydrogens (tertiary/aromatic N) is 1. The number of benzene rings is 2. The monoisotopic (exact) mass is 466 g/mol. The van der Waals surface area contributed by atoms with Gasteiger partial charge in [0.25, 0.3) is 5.91 Å². The van der Waals surface area contributed by atoms with Crippen molar-refractivity contribution in [3.8, 4) is 0 Å². The Balaban J connectivity index is 0.000000479. The second-order valence-electron chi connectivity index (χ2n) is 7.83. The molecular weight excluding hydrogens is 441 g/mol. The van der Waals surface area contributed by atoms with Gasteiger partial charge < -0.3 is 20.4 Å². The molecule has 2 aromatic carbocycles. The van der Waals surface area contributed by atoms with Crippen molar-refractivity contribution in [2.45, 2.75) is 32.9 Å².